The quantitative estimate of drug-likeness (QED) is 0.208. The summed E-state index contributed by atoms with van der Waals surface area (Å²) in [5.74, 6) is 0. The van der Waals surface area contributed by atoms with E-state index >= 15 is 0 Å². The van der Waals surface area contributed by atoms with Gasteiger partial charge in [0.25, 0.3) is 0 Å². The van der Waals surface area contributed by atoms with Crippen LogP contribution in [0.3, 0.4) is 0 Å². The summed E-state index contributed by atoms with van der Waals surface area (Å²) in [7, 11) is 0. The van der Waals surface area contributed by atoms with Gasteiger partial charge in [-0.3, -0.25) is 0 Å². The molecule has 0 bridgehead atoms. The zero-order valence-electron chi connectivity index (χ0n) is 24.2. The van der Waals surface area contributed by atoms with E-state index in [1.165, 1.54) is 61.2 Å². The van der Waals surface area contributed by atoms with Crippen LogP contribution in [-0.4, -0.2) is 4.57 Å². The molecule has 2 heterocycles. The molecule has 44 heavy (non-hydrogen) atoms. The van der Waals surface area contributed by atoms with Crippen LogP contribution in [-0.2, 0) is 6.42 Å². The third-order valence-electron chi connectivity index (χ3n) is 9.08. The fourth-order valence-electron chi connectivity index (χ4n) is 6.91. The van der Waals surface area contributed by atoms with Gasteiger partial charge in [-0.05, 0) is 82.6 Å². The lowest BCUT2D eigenvalue weighted by Gasteiger charge is -2.15. The molecule has 0 aliphatic heterocycles. The van der Waals surface area contributed by atoms with Crippen LogP contribution >= 0.6 is 0 Å². The highest BCUT2D eigenvalue weighted by molar-refractivity contribution is 6.06. The normalized spacial score (nSPS) is 12.7. The second-order valence-electron chi connectivity index (χ2n) is 11.7. The number of rotatable bonds is 4. The molecular weight excluding hydrogens is 534 g/mol. The van der Waals surface area contributed by atoms with Gasteiger partial charge in [0.2, 0.25) is 0 Å². The van der Waals surface area contributed by atoms with E-state index in [0.717, 1.165) is 34.8 Å². The molecule has 2 nitrogen and oxygen atoms in total. The minimum absolute atomic E-state index is 0.926. The average molecular weight is 564 g/mol. The molecule has 0 amide bonds. The first-order chi connectivity index (χ1) is 21.8. The predicted molar refractivity (Wildman–Crippen MR) is 184 cm³/mol. The topological polar surface area (TPSA) is 18.1 Å². The van der Waals surface area contributed by atoms with Crippen molar-refractivity contribution in [2.24, 2.45) is 0 Å². The lowest BCUT2D eigenvalue weighted by Crippen LogP contribution is -2.03. The molecule has 2 aromatic heterocycles. The van der Waals surface area contributed by atoms with Gasteiger partial charge in [0.1, 0.15) is 11.2 Å². The number of allylic oxidation sites excluding steroid dienone is 1. The zero-order chi connectivity index (χ0) is 29.0. The van der Waals surface area contributed by atoms with Gasteiger partial charge in [-0.15, -0.1) is 0 Å². The van der Waals surface area contributed by atoms with Gasteiger partial charge in [-0.1, -0.05) is 115 Å². The lowest BCUT2D eigenvalue weighted by atomic mass is 9.97. The lowest BCUT2D eigenvalue weighted by molar-refractivity contribution is 0.669. The molecule has 0 saturated carbocycles. The van der Waals surface area contributed by atoms with Crippen LogP contribution < -0.4 is 0 Å². The molecule has 0 saturated heterocycles. The van der Waals surface area contributed by atoms with Gasteiger partial charge < -0.3 is 8.98 Å². The maximum atomic E-state index is 6.05. The van der Waals surface area contributed by atoms with E-state index < -0.39 is 0 Å². The first-order valence-electron chi connectivity index (χ1n) is 15.3. The Bertz CT molecular complexity index is 2370. The van der Waals surface area contributed by atoms with Gasteiger partial charge >= 0.3 is 0 Å². The van der Waals surface area contributed by atoms with Crippen molar-refractivity contribution < 1.29 is 4.42 Å². The minimum Gasteiger partial charge on any atom is -0.456 e. The number of nitrogens with zero attached hydrogens (tertiary/aromatic N) is 1. The largest absolute Gasteiger partial charge is 0.456 e. The van der Waals surface area contributed by atoms with Crippen LogP contribution in [0.15, 0.2) is 150 Å². The Hall–Kier alpha value is -5.60. The molecule has 0 N–H and O–H groups in total. The average Bonchev–Trinajstić information content (AvgIpc) is 3.64. The summed E-state index contributed by atoms with van der Waals surface area (Å²) in [6.45, 7) is 0. The van der Waals surface area contributed by atoms with Gasteiger partial charge in [0, 0.05) is 33.1 Å². The van der Waals surface area contributed by atoms with Crippen LogP contribution in [0.1, 0.15) is 17.7 Å². The zero-order valence-corrected chi connectivity index (χ0v) is 24.2. The van der Waals surface area contributed by atoms with E-state index in [4.69, 9.17) is 4.42 Å². The van der Waals surface area contributed by atoms with Crippen LogP contribution in [0.5, 0.6) is 0 Å². The number of para-hydroxylation sites is 1. The SMILES string of the molecule is C1=Cc2c(n(-c3cccc(-c4ccccc4)c3)c3cc(-c4ccc(-c5ccc6oc7ccccc7c6c5)cc4)ccc23)CC1. The molecule has 0 fully saturated rings. The van der Waals surface area contributed by atoms with E-state index in [1.807, 2.05) is 12.1 Å². The number of furan rings is 1. The first kappa shape index (κ1) is 24.9. The number of hydrogen-bond acceptors (Lipinski definition) is 1. The molecule has 0 atom stereocenters. The Morgan fingerprint density at radius 3 is 2.00 bits per heavy atom. The van der Waals surface area contributed by atoms with Gasteiger partial charge in [-0.25, -0.2) is 0 Å². The van der Waals surface area contributed by atoms with Crippen LogP contribution in [0.2, 0.25) is 0 Å². The minimum atomic E-state index is 0.926. The molecule has 0 radical (unpaired) electrons. The number of aromatic nitrogens is 1. The number of fused-ring (bicyclic) bond motifs is 6. The molecule has 0 spiro atoms. The molecule has 9 rings (SSSR count). The summed E-state index contributed by atoms with van der Waals surface area (Å²) in [6.07, 6.45) is 6.73. The van der Waals surface area contributed by atoms with E-state index in [2.05, 4.69) is 144 Å². The maximum absolute atomic E-state index is 6.05. The predicted octanol–water partition coefficient (Wildman–Crippen LogP) is 11.5. The summed E-state index contributed by atoms with van der Waals surface area (Å²) in [6, 6.07) is 50.3. The Labute approximate surface area is 256 Å². The standard InChI is InChI=1S/C42H29NO/c1-2-9-28(10-3-1)31-11-8-12-34(25-31)43-39-15-6-4-13-35(39)36-23-21-33(27-40(36)43)30-19-17-29(18-20-30)32-22-24-42-38(26-32)37-14-5-7-16-41(37)44-42/h1-5,7-14,16-27H,6,15H2. The second-order valence-corrected chi connectivity index (χ2v) is 11.7. The fraction of sp³-hybridized carbons (Fsp3) is 0.0476. The van der Waals surface area contributed by atoms with E-state index in [9.17, 15) is 0 Å². The monoisotopic (exact) mass is 563 g/mol. The van der Waals surface area contributed by atoms with E-state index in [0.29, 0.717) is 0 Å². The van der Waals surface area contributed by atoms with Gasteiger partial charge in [0.05, 0.1) is 5.52 Å². The molecule has 2 heteroatoms. The van der Waals surface area contributed by atoms with Crippen molar-refractivity contribution in [3.63, 3.8) is 0 Å². The highest BCUT2D eigenvalue weighted by Gasteiger charge is 2.19. The Kier molecular flexibility index (Phi) is 5.67. The van der Waals surface area contributed by atoms with Crippen molar-refractivity contribution in [2.75, 3.05) is 0 Å². The Morgan fingerprint density at radius 2 is 1.14 bits per heavy atom. The molecule has 8 aromatic rings. The third kappa shape index (κ3) is 4.03. The second kappa shape index (κ2) is 10.00. The first-order valence-corrected chi connectivity index (χ1v) is 15.3. The fourth-order valence-corrected chi connectivity index (χ4v) is 6.91. The summed E-state index contributed by atoms with van der Waals surface area (Å²) < 4.78 is 8.54. The molecule has 1 aliphatic rings. The number of benzene rings is 6. The highest BCUT2D eigenvalue weighted by atomic mass is 16.3. The smallest absolute Gasteiger partial charge is 0.135 e. The molecule has 1 aliphatic carbocycles. The summed E-state index contributed by atoms with van der Waals surface area (Å²) >= 11 is 0. The van der Waals surface area contributed by atoms with Gasteiger partial charge in [-0.2, -0.15) is 0 Å². The highest BCUT2D eigenvalue weighted by Crippen LogP contribution is 2.38. The molecule has 0 unspecified atom stereocenters. The van der Waals surface area contributed by atoms with E-state index in [-0.39, 0.29) is 0 Å². The molecule has 6 aromatic carbocycles. The Balaban J connectivity index is 1.13. The maximum Gasteiger partial charge on any atom is 0.135 e. The molecular formula is C42H29NO. The van der Waals surface area contributed by atoms with Crippen molar-refractivity contribution in [3.8, 4) is 39.1 Å². The van der Waals surface area contributed by atoms with Crippen LogP contribution in [0.25, 0.3) is 78.0 Å². The van der Waals surface area contributed by atoms with E-state index in [1.54, 1.807) is 0 Å². The summed E-state index contributed by atoms with van der Waals surface area (Å²) in [5, 5.41) is 3.62. The van der Waals surface area contributed by atoms with Crippen LogP contribution in [0, 0.1) is 0 Å². The van der Waals surface area contributed by atoms with Crippen molar-refractivity contribution >= 4 is 38.9 Å². The van der Waals surface area contributed by atoms with Crippen molar-refractivity contribution in [1.29, 1.82) is 0 Å². The summed E-state index contributed by atoms with van der Waals surface area (Å²) in [4.78, 5) is 0. The van der Waals surface area contributed by atoms with Crippen LogP contribution in [0.4, 0.5) is 0 Å². The van der Waals surface area contributed by atoms with Crippen molar-refractivity contribution in [3.05, 3.63) is 157 Å². The van der Waals surface area contributed by atoms with Crippen molar-refractivity contribution in [2.45, 2.75) is 12.8 Å². The summed E-state index contributed by atoms with van der Waals surface area (Å²) in [5.41, 5.74) is 14.4. The van der Waals surface area contributed by atoms with Crippen molar-refractivity contribution in [1.82, 2.24) is 4.57 Å². The number of hydrogen-bond donors (Lipinski definition) is 0. The third-order valence-corrected chi connectivity index (χ3v) is 9.08. The molecule has 208 valence electrons. The van der Waals surface area contributed by atoms with Gasteiger partial charge in [0.15, 0.2) is 0 Å². The Morgan fingerprint density at radius 1 is 0.477 bits per heavy atom.